The average molecular weight is 246 g/mol. The van der Waals surface area contributed by atoms with Gasteiger partial charge in [-0.2, -0.15) is 0 Å². The Morgan fingerprint density at radius 3 is 1.88 bits per heavy atom. The summed E-state index contributed by atoms with van der Waals surface area (Å²) in [5.41, 5.74) is 0. The Balaban J connectivity index is 3.69. The standard InChI is InChI=1S/C14H34N2O/c1-7-9-10-16(6,8-2)12-14-17-13-11-15(3,4)5/h7-14H2,1-6H3/q+2. The van der Waals surface area contributed by atoms with E-state index in [1.54, 1.807) is 0 Å². The predicted molar refractivity (Wildman–Crippen MR) is 75.1 cm³/mol. The fourth-order valence-electron chi connectivity index (χ4n) is 1.69. The molecule has 0 N–H and O–H groups in total. The van der Waals surface area contributed by atoms with Gasteiger partial charge in [0.25, 0.3) is 0 Å². The van der Waals surface area contributed by atoms with Crippen LogP contribution < -0.4 is 0 Å². The first-order chi connectivity index (χ1) is 7.83. The molecule has 0 bridgehead atoms. The second-order valence-electron chi connectivity index (χ2n) is 6.36. The van der Waals surface area contributed by atoms with Gasteiger partial charge in [-0.1, -0.05) is 13.3 Å². The third-order valence-electron chi connectivity index (χ3n) is 3.50. The molecule has 3 nitrogen and oxygen atoms in total. The Labute approximate surface area is 109 Å². The van der Waals surface area contributed by atoms with E-state index in [1.165, 1.54) is 25.9 Å². The topological polar surface area (TPSA) is 9.23 Å². The molecule has 0 aliphatic rings. The third kappa shape index (κ3) is 9.57. The molecule has 0 amide bonds. The van der Waals surface area contributed by atoms with Gasteiger partial charge in [0.15, 0.2) is 0 Å². The van der Waals surface area contributed by atoms with Gasteiger partial charge in [-0.3, -0.25) is 0 Å². The Morgan fingerprint density at radius 2 is 1.41 bits per heavy atom. The summed E-state index contributed by atoms with van der Waals surface area (Å²) in [6.45, 7) is 11.0. The zero-order valence-electron chi connectivity index (χ0n) is 13.0. The molecule has 0 aromatic rings. The van der Waals surface area contributed by atoms with Crippen LogP contribution in [0.15, 0.2) is 0 Å². The van der Waals surface area contributed by atoms with Gasteiger partial charge in [-0.25, -0.2) is 0 Å². The molecule has 0 aliphatic heterocycles. The SMILES string of the molecule is CCCC[N+](C)(CC)CCOCC[N+](C)(C)C. The molecule has 0 spiro atoms. The molecule has 1 atom stereocenters. The van der Waals surface area contributed by atoms with Gasteiger partial charge in [0.1, 0.15) is 13.1 Å². The predicted octanol–water partition coefficient (Wildman–Crippen LogP) is 1.98. The lowest BCUT2D eigenvalue weighted by molar-refractivity contribution is -0.908. The summed E-state index contributed by atoms with van der Waals surface area (Å²) in [6, 6.07) is 0. The Morgan fingerprint density at radius 1 is 0.824 bits per heavy atom. The van der Waals surface area contributed by atoms with Crippen molar-refractivity contribution < 1.29 is 13.7 Å². The minimum absolute atomic E-state index is 0.876. The number of hydrogen-bond donors (Lipinski definition) is 0. The molecule has 0 saturated heterocycles. The average Bonchev–Trinajstić information content (AvgIpc) is 2.24. The van der Waals surface area contributed by atoms with E-state index in [9.17, 15) is 0 Å². The number of ether oxygens (including phenoxy) is 1. The number of hydrogen-bond acceptors (Lipinski definition) is 1. The van der Waals surface area contributed by atoms with Gasteiger partial charge < -0.3 is 13.7 Å². The van der Waals surface area contributed by atoms with E-state index in [0.29, 0.717) is 0 Å². The summed E-state index contributed by atoms with van der Waals surface area (Å²) >= 11 is 0. The molecule has 3 heteroatoms. The van der Waals surface area contributed by atoms with Gasteiger partial charge in [-0.05, 0) is 13.3 Å². The van der Waals surface area contributed by atoms with Crippen molar-refractivity contribution in [1.29, 1.82) is 0 Å². The molecule has 0 radical (unpaired) electrons. The maximum Gasteiger partial charge on any atom is 0.102 e. The number of quaternary nitrogens is 2. The van der Waals surface area contributed by atoms with E-state index in [0.717, 1.165) is 35.3 Å². The first-order valence-electron chi connectivity index (χ1n) is 7.05. The normalized spacial score (nSPS) is 15.9. The lowest BCUT2D eigenvalue weighted by atomic mass is 10.2. The van der Waals surface area contributed by atoms with Gasteiger partial charge in [0, 0.05) is 0 Å². The van der Waals surface area contributed by atoms with Crippen LogP contribution in [0.4, 0.5) is 0 Å². The van der Waals surface area contributed by atoms with Crippen LogP contribution in [0.3, 0.4) is 0 Å². The van der Waals surface area contributed by atoms with E-state index in [-0.39, 0.29) is 0 Å². The van der Waals surface area contributed by atoms with Gasteiger partial charge >= 0.3 is 0 Å². The van der Waals surface area contributed by atoms with Gasteiger partial charge in [-0.15, -0.1) is 0 Å². The summed E-state index contributed by atoms with van der Waals surface area (Å²) in [7, 11) is 8.96. The molecule has 104 valence electrons. The zero-order valence-corrected chi connectivity index (χ0v) is 13.0. The van der Waals surface area contributed by atoms with Crippen LogP contribution in [0.5, 0.6) is 0 Å². The van der Waals surface area contributed by atoms with Crippen LogP contribution in [0.1, 0.15) is 26.7 Å². The molecule has 0 saturated carbocycles. The maximum absolute atomic E-state index is 5.76. The first-order valence-corrected chi connectivity index (χ1v) is 7.05. The highest BCUT2D eigenvalue weighted by molar-refractivity contribution is 4.40. The summed E-state index contributed by atoms with van der Waals surface area (Å²) < 4.78 is 7.89. The van der Waals surface area contributed by atoms with Crippen molar-refractivity contribution in [2.75, 3.05) is 67.6 Å². The van der Waals surface area contributed by atoms with E-state index >= 15 is 0 Å². The molecule has 0 aromatic heterocycles. The highest BCUT2D eigenvalue weighted by atomic mass is 16.5. The van der Waals surface area contributed by atoms with Crippen LogP contribution in [-0.2, 0) is 4.74 Å². The lowest BCUT2D eigenvalue weighted by Gasteiger charge is -2.33. The number of rotatable bonds is 10. The second kappa shape index (κ2) is 8.06. The van der Waals surface area contributed by atoms with Crippen molar-refractivity contribution in [1.82, 2.24) is 0 Å². The largest absolute Gasteiger partial charge is 0.370 e. The monoisotopic (exact) mass is 246 g/mol. The molecule has 1 unspecified atom stereocenters. The smallest absolute Gasteiger partial charge is 0.102 e. The first kappa shape index (κ1) is 16.9. The van der Waals surface area contributed by atoms with E-state index in [1.807, 2.05) is 0 Å². The summed E-state index contributed by atoms with van der Waals surface area (Å²) in [5.74, 6) is 0. The number of nitrogens with zero attached hydrogens (tertiary/aromatic N) is 2. The molecule has 0 rings (SSSR count). The lowest BCUT2D eigenvalue weighted by Crippen LogP contribution is -2.47. The van der Waals surface area contributed by atoms with Crippen molar-refractivity contribution in [3.05, 3.63) is 0 Å². The summed E-state index contributed by atoms with van der Waals surface area (Å²) in [4.78, 5) is 0. The van der Waals surface area contributed by atoms with Crippen LogP contribution >= 0.6 is 0 Å². The fourth-order valence-corrected chi connectivity index (χ4v) is 1.69. The maximum atomic E-state index is 5.76. The Hall–Kier alpha value is -0.120. The third-order valence-corrected chi connectivity index (χ3v) is 3.50. The zero-order chi connectivity index (χ0) is 13.4. The van der Waals surface area contributed by atoms with E-state index in [2.05, 4.69) is 42.0 Å². The van der Waals surface area contributed by atoms with E-state index < -0.39 is 0 Å². The molecule has 0 aromatic carbocycles. The minimum Gasteiger partial charge on any atom is -0.370 e. The van der Waals surface area contributed by atoms with Crippen molar-refractivity contribution in [2.45, 2.75) is 26.7 Å². The van der Waals surface area contributed by atoms with Crippen molar-refractivity contribution in [2.24, 2.45) is 0 Å². The molecule has 0 fully saturated rings. The van der Waals surface area contributed by atoms with Crippen LogP contribution in [0, 0.1) is 0 Å². The number of unbranched alkanes of at least 4 members (excludes halogenated alkanes) is 1. The van der Waals surface area contributed by atoms with Crippen LogP contribution in [-0.4, -0.2) is 76.5 Å². The van der Waals surface area contributed by atoms with Crippen molar-refractivity contribution >= 4 is 0 Å². The summed E-state index contributed by atoms with van der Waals surface area (Å²) in [5, 5.41) is 0. The molecule has 17 heavy (non-hydrogen) atoms. The van der Waals surface area contributed by atoms with E-state index in [4.69, 9.17) is 4.74 Å². The molecular weight excluding hydrogens is 212 g/mol. The minimum atomic E-state index is 0.876. The molecular formula is C14H34N2O+2. The van der Waals surface area contributed by atoms with Gasteiger partial charge in [0.2, 0.25) is 0 Å². The van der Waals surface area contributed by atoms with Gasteiger partial charge in [0.05, 0.1) is 54.5 Å². The Kier molecular flexibility index (Phi) is 8.01. The van der Waals surface area contributed by atoms with Crippen molar-refractivity contribution in [3.8, 4) is 0 Å². The molecule has 0 heterocycles. The Bertz CT molecular complexity index is 189. The summed E-state index contributed by atoms with van der Waals surface area (Å²) in [6.07, 6.45) is 2.61. The highest BCUT2D eigenvalue weighted by Gasteiger charge is 2.18. The van der Waals surface area contributed by atoms with Crippen molar-refractivity contribution in [3.63, 3.8) is 0 Å². The highest BCUT2D eigenvalue weighted by Crippen LogP contribution is 2.05. The van der Waals surface area contributed by atoms with Crippen LogP contribution in [0.2, 0.25) is 0 Å². The van der Waals surface area contributed by atoms with Crippen LogP contribution in [0.25, 0.3) is 0 Å². The quantitative estimate of drug-likeness (QED) is 0.423. The molecule has 0 aliphatic carbocycles. The second-order valence-corrected chi connectivity index (χ2v) is 6.36. The fraction of sp³-hybridized carbons (Fsp3) is 1.00. The number of likely N-dealkylation sites (N-methyl/N-ethyl adjacent to an activating group) is 2.